The van der Waals surface area contributed by atoms with Gasteiger partial charge in [-0.1, -0.05) is 24.3 Å². The lowest BCUT2D eigenvalue weighted by atomic mass is 9.92. The minimum Gasteiger partial charge on any atom is -0.387 e. The fraction of sp³-hybridized carbons (Fsp3) is 0.476. The highest BCUT2D eigenvalue weighted by Gasteiger charge is 2.37. The van der Waals surface area contributed by atoms with Crippen molar-refractivity contribution in [1.29, 1.82) is 0 Å². The SMILES string of the molecule is CC=C[C@@H]1NCCN(CC(C)(O)Cn2cc([N+](=O)[O-])nc2Br)C1c1ccc(C(F)(F)F)cc1. The molecular formula is C21H25BrF3N5O3. The van der Waals surface area contributed by atoms with Gasteiger partial charge < -0.3 is 20.5 Å². The third-order valence-corrected chi connectivity index (χ3v) is 6.08. The van der Waals surface area contributed by atoms with Crippen LogP contribution in [0.3, 0.4) is 0 Å². The van der Waals surface area contributed by atoms with Crippen LogP contribution >= 0.6 is 15.9 Å². The number of aliphatic hydroxyl groups is 1. The zero-order chi connectivity index (χ0) is 24.4. The van der Waals surface area contributed by atoms with Crippen LogP contribution in [0.4, 0.5) is 19.0 Å². The maximum absolute atomic E-state index is 13.0. The molecular weight excluding hydrogens is 507 g/mol. The van der Waals surface area contributed by atoms with E-state index in [2.05, 4.69) is 26.2 Å². The van der Waals surface area contributed by atoms with Crippen LogP contribution in [0.5, 0.6) is 0 Å². The Kier molecular flexibility index (Phi) is 7.62. The molecule has 12 heteroatoms. The van der Waals surface area contributed by atoms with Crippen molar-refractivity contribution in [2.24, 2.45) is 0 Å². The molecule has 1 aromatic carbocycles. The number of piperazine rings is 1. The van der Waals surface area contributed by atoms with E-state index in [0.29, 0.717) is 18.7 Å². The van der Waals surface area contributed by atoms with Crippen LogP contribution in [0.1, 0.15) is 31.0 Å². The van der Waals surface area contributed by atoms with Gasteiger partial charge in [-0.2, -0.15) is 13.2 Å². The Morgan fingerprint density at radius 2 is 2.00 bits per heavy atom. The summed E-state index contributed by atoms with van der Waals surface area (Å²) in [5, 5.41) is 25.5. The lowest BCUT2D eigenvalue weighted by Crippen LogP contribution is -2.56. The second-order valence-corrected chi connectivity index (χ2v) is 9.00. The van der Waals surface area contributed by atoms with Gasteiger partial charge in [-0.3, -0.25) is 9.47 Å². The lowest BCUT2D eigenvalue weighted by Gasteiger charge is -2.44. The van der Waals surface area contributed by atoms with Gasteiger partial charge in [0, 0.05) is 41.6 Å². The molecule has 0 amide bonds. The van der Waals surface area contributed by atoms with E-state index in [0.717, 1.165) is 12.1 Å². The van der Waals surface area contributed by atoms with Crippen molar-refractivity contribution in [3.05, 3.63) is 68.6 Å². The number of allylic oxidation sites excluding steroid dienone is 1. The van der Waals surface area contributed by atoms with E-state index < -0.39 is 22.3 Å². The topological polar surface area (TPSA) is 96.5 Å². The Morgan fingerprint density at radius 1 is 1.33 bits per heavy atom. The number of hydrogen-bond acceptors (Lipinski definition) is 6. The molecule has 1 aliphatic heterocycles. The minimum atomic E-state index is -4.42. The van der Waals surface area contributed by atoms with Crippen molar-refractivity contribution in [3.8, 4) is 0 Å². The van der Waals surface area contributed by atoms with Crippen LogP contribution in [0.15, 0.2) is 47.3 Å². The van der Waals surface area contributed by atoms with E-state index in [4.69, 9.17) is 0 Å². The first-order valence-electron chi connectivity index (χ1n) is 10.3. The van der Waals surface area contributed by atoms with Gasteiger partial charge in [-0.05, 0) is 41.5 Å². The summed E-state index contributed by atoms with van der Waals surface area (Å²) in [6, 6.07) is 4.58. The van der Waals surface area contributed by atoms with Gasteiger partial charge in [-0.25, -0.2) is 0 Å². The van der Waals surface area contributed by atoms with Gasteiger partial charge in [-0.15, -0.1) is 0 Å². The molecule has 2 unspecified atom stereocenters. The first-order chi connectivity index (χ1) is 15.4. The zero-order valence-corrected chi connectivity index (χ0v) is 19.7. The molecule has 2 aromatic rings. The molecule has 0 aliphatic carbocycles. The average molecular weight is 532 g/mol. The van der Waals surface area contributed by atoms with Crippen molar-refractivity contribution in [1.82, 2.24) is 19.8 Å². The number of rotatable bonds is 7. The second-order valence-electron chi connectivity index (χ2n) is 8.29. The monoisotopic (exact) mass is 531 g/mol. The third-order valence-electron chi connectivity index (χ3n) is 5.45. The summed E-state index contributed by atoms with van der Waals surface area (Å²) in [5.74, 6) is -0.337. The second kappa shape index (κ2) is 9.92. The Morgan fingerprint density at radius 3 is 2.55 bits per heavy atom. The zero-order valence-electron chi connectivity index (χ0n) is 18.1. The first-order valence-corrected chi connectivity index (χ1v) is 11.1. The molecule has 1 aliphatic rings. The summed E-state index contributed by atoms with van der Waals surface area (Å²) in [7, 11) is 0. The van der Waals surface area contributed by atoms with Crippen molar-refractivity contribution in [3.63, 3.8) is 0 Å². The number of β-amino-alcohol motifs (C(OH)–C–C–N with tert-alkyl or cyclic N) is 1. The number of nitro groups is 1. The first kappa shape index (κ1) is 25.3. The maximum atomic E-state index is 13.0. The van der Waals surface area contributed by atoms with Gasteiger partial charge >= 0.3 is 12.0 Å². The highest BCUT2D eigenvalue weighted by Crippen LogP contribution is 2.34. The summed E-state index contributed by atoms with van der Waals surface area (Å²) >= 11 is 3.18. The maximum Gasteiger partial charge on any atom is 0.416 e. The molecule has 0 spiro atoms. The number of hydrogen-bond donors (Lipinski definition) is 2. The fourth-order valence-corrected chi connectivity index (χ4v) is 4.54. The lowest BCUT2D eigenvalue weighted by molar-refractivity contribution is -0.389. The molecule has 33 heavy (non-hydrogen) atoms. The molecule has 0 saturated carbocycles. The van der Waals surface area contributed by atoms with Crippen LogP contribution in [-0.2, 0) is 12.7 Å². The summed E-state index contributed by atoms with van der Waals surface area (Å²) in [4.78, 5) is 16.2. The van der Waals surface area contributed by atoms with Crippen LogP contribution in [-0.4, -0.2) is 55.8 Å². The van der Waals surface area contributed by atoms with Crippen molar-refractivity contribution >= 4 is 21.7 Å². The number of halogens is 4. The number of nitrogens with one attached hydrogen (secondary N) is 1. The average Bonchev–Trinajstić information content (AvgIpc) is 3.07. The van der Waals surface area contributed by atoms with Crippen LogP contribution in [0, 0.1) is 10.1 Å². The largest absolute Gasteiger partial charge is 0.416 e. The number of nitrogens with zero attached hydrogens (tertiary/aromatic N) is 4. The van der Waals surface area contributed by atoms with Crippen LogP contribution in [0.2, 0.25) is 0 Å². The summed E-state index contributed by atoms with van der Waals surface area (Å²) in [6.07, 6.45) is 0.639. The molecule has 3 atom stereocenters. The standard InChI is InChI=1S/C21H25BrF3N5O3/c1-3-4-16-18(14-5-7-15(8-6-14)21(23,24)25)28(10-9-26-16)12-20(2,31)13-29-11-17(30(32)33)27-19(29)22/h3-8,11,16,18,26,31H,9-10,12-13H2,1-2H3/t16-,18?,20?/m0/s1. The van der Waals surface area contributed by atoms with E-state index in [9.17, 15) is 28.4 Å². The number of imidazole rings is 1. The van der Waals surface area contributed by atoms with Gasteiger partial charge in [0.25, 0.3) is 4.73 Å². The highest BCUT2D eigenvalue weighted by atomic mass is 79.9. The van der Waals surface area contributed by atoms with Gasteiger partial charge in [0.15, 0.2) is 0 Å². The van der Waals surface area contributed by atoms with Gasteiger partial charge in [0.2, 0.25) is 0 Å². The molecule has 1 fully saturated rings. The highest BCUT2D eigenvalue weighted by molar-refractivity contribution is 9.10. The molecule has 0 bridgehead atoms. The number of alkyl halides is 3. The van der Waals surface area contributed by atoms with E-state index >= 15 is 0 Å². The molecule has 2 heterocycles. The molecule has 8 nitrogen and oxygen atoms in total. The van der Waals surface area contributed by atoms with Gasteiger partial charge in [0.1, 0.15) is 6.20 Å². The van der Waals surface area contributed by atoms with Crippen molar-refractivity contribution in [2.45, 2.75) is 44.3 Å². The fourth-order valence-electron chi connectivity index (χ4n) is 4.13. The minimum absolute atomic E-state index is 0.0341. The molecule has 2 N–H and O–H groups in total. The Balaban J connectivity index is 1.86. The quantitative estimate of drug-likeness (QED) is 0.319. The molecule has 180 valence electrons. The number of aromatic nitrogens is 2. The van der Waals surface area contributed by atoms with E-state index in [-0.39, 0.29) is 35.7 Å². The Bertz CT molecular complexity index is 1010. The Hall–Kier alpha value is -2.28. The predicted octanol–water partition coefficient (Wildman–Crippen LogP) is 3.91. The predicted molar refractivity (Wildman–Crippen MR) is 120 cm³/mol. The van der Waals surface area contributed by atoms with E-state index in [1.165, 1.54) is 22.9 Å². The van der Waals surface area contributed by atoms with E-state index in [1.807, 2.05) is 24.0 Å². The summed E-state index contributed by atoms with van der Waals surface area (Å²) in [6.45, 7) is 4.88. The van der Waals surface area contributed by atoms with Crippen LogP contribution < -0.4 is 5.32 Å². The smallest absolute Gasteiger partial charge is 0.387 e. The molecule has 1 aromatic heterocycles. The Labute approximate surface area is 197 Å². The van der Waals surface area contributed by atoms with Crippen LogP contribution in [0.25, 0.3) is 0 Å². The molecule has 0 radical (unpaired) electrons. The van der Waals surface area contributed by atoms with E-state index in [1.54, 1.807) is 6.92 Å². The summed E-state index contributed by atoms with van der Waals surface area (Å²) < 4.78 is 40.8. The van der Waals surface area contributed by atoms with Crippen molar-refractivity contribution < 1.29 is 23.2 Å². The number of benzene rings is 1. The normalized spacial score (nSPS) is 21.9. The van der Waals surface area contributed by atoms with Crippen molar-refractivity contribution in [2.75, 3.05) is 19.6 Å². The molecule has 1 saturated heterocycles. The third kappa shape index (κ3) is 6.19. The van der Waals surface area contributed by atoms with Gasteiger partial charge in [0.05, 0.1) is 23.8 Å². The molecule has 3 rings (SSSR count). The summed E-state index contributed by atoms with van der Waals surface area (Å²) in [5.41, 5.74) is -1.34.